The molecule has 0 aromatic carbocycles. The lowest BCUT2D eigenvalue weighted by atomic mass is 9.67. The summed E-state index contributed by atoms with van der Waals surface area (Å²) < 4.78 is 0. The molecule has 0 aromatic rings. The first-order chi connectivity index (χ1) is 20.9. The molecule has 0 fully saturated rings. The molecular formula is C40H55NO4. The molecule has 3 atom stereocenters. The van der Waals surface area contributed by atoms with Crippen molar-refractivity contribution in [2.75, 3.05) is 0 Å². The molecule has 0 radical (unpaired) electrons. The Balaban J connectivity index is 2.06. The third kappa shape index (κ3) is 12.4. The predicted molar refractivity (Wildman–Crippen MR) is 190 cm³/mol. The summed E-state index contributed by atoms with van der Waals surface area (Å²) >= 11 is 0. The van der Waals surface area contributed by atoms with Crippen LogP contribution in [0.1, 0.15) is 88.5 Å². The van der Waals surface area contributed by atoms with Gasteiger partial charge in [0.2, 0.25) is 0 Å². The number of aliphatic hydroxyl groups is 2. The summed E-state index contributed by atoms with van der Waals surface area (Å²) in [4.78, 5) is 11.3. The Morgan fingerprint density at radius 1 is 0.844 bits per heavy atom. The molecule has 0 saturated heterocycles. The first-order valence-corrected chi connectivity index (χ1v) is 15.9. The first-order valence-electron chi connectivity index (χ1n) is 15.9. The van der Waals surface area contributed by atoms with Gasteiger partial charge >= 0.3 is 0 Å². The standard InChI is InChI=1S/C40H55NO4/c1-28(13-11-14-29(2)18-21-37-32(5)24-35(42)26-39(37,7)8)17-20-34(41(44)45)23-31(4)16-12-15-30(3)19-22-38-33(6)25-36(43)27-40(38,9)10/h11-24,35-37,42-43H,25-27H2,1-10H3/b13-11+,16-12+,21-18+,22-19+,28-17+,29-14+,30-15+,31-23-,34-20-/t35-,36+,37-/m0/s1. The Bertz CT molecular complexity index is 1430. The van der Waals surface area contributed by atoms with Crippen LogP contribution >= 0.6 is 0 Å². The van der Waals surface area contributed by atoms with Crippen molar-refractivity contribution in [2.24, 2.45) is 16.7 Å². The summed E-state index contributed by atoms with van der Waals surface area (Å²) in [5, 5.41) is 31.9. The highest BCUT2D eigenvalue weighted by atomic mass is 16.6. The van der Waals surface area contributed by atoms with Crippen LogP contribution < -0.4 is 0 Å². The van der Waals surface area contributed by atoms with Gasteiger partial charge in [0.15, 0.2) is 0 Å². The molecule has 0 spiro atoms. The molecular weight excluding hydrogens is 558 g/mol. The van der Waals surface area contributed by atoms with E-state index in [9.17, 15) is 20.3 Å². The van der Waals surface area contributed by atoms with E-state index in [0.29, 0.717) is 6.42 Å². The molecule has 5 heteroatoms. The van der Waals surface area contributed by atoms with Gasteiger partial charge in [-0.25, -0.2) is 0 Å². The monoisotopic (exact) mass is 613 g/mol. The molecule has 244 valence electrons. The first kappa shape index (κ1) is 37.6. The molecule has 2 N–H and O–H groups in total. The van der Waals surface area contributed by atoms with Gasteiger partial charge in [-0.15, -0.1) is 0 Å². The molecule has 0 bridgehead atoms. The van der Waals surface area contributed by atoms with E-state index in [1.54, 1.807) is 12.2 Å². The normalized spacial score (nSPS) is 25.7. The van der Waals surface area contributed by atoms with E-state index in [4.69, 9.17) is 0 Å². The maximum atomic E-state index is 11.7. The molecule has 0 aliphatic heterocycles. The van der Waals surface area contributed by atoms with Crippen molar-refractivity contribution in [3.05, 3.63) is 140 Å². The van der Waals surface area contributed by atoms with Crippen LogP contribution in [0.25, 0.3) is 0 Å². The molecule has 2 aliphatic rings. The zero-order chi connectivity index (χ0) is 33.9. The van der Waals surface area contributed by atoms with E-state index < -0.39 is 0 Å². The molecule has 5 nitrogen and oxygen atoms in total. The molecule has 0 aromatic heterocycles. The fourth-order valence-corrected chi connectivity index (χ4v) is 6.33. The largest absolute Gasteiger partial charge is 0.393 e. The van der Waals surface area contributed by atoms with E-state index in [-0.39, 0.29) is 39.6 Å². The van der Waals surface area contributed by atoms with Crippen molar-refractivity contribution in [1.82, 2.24) is 0 Å². The Labute approximate surface area is 272 Å². The fraction of sp³-hybridized carbons (Fsp3) is 0.450. The van der Waals surface area contributed by atoms with Crippen molar-refractivity contribution in [3.8, 4) is 0 Å². The average molecular weight is 614 g/mol. The predicted octanol–water partition coefficient (Wildman–Crippen LogP) is 10.0. The fourth-order valence-electron chi connectivity index (χ4n) is 6.33. The van der Waals surface area contributed by atoms with Crippen molar-refractivity contribution in [3.63, 3.8) is 0 Å². The maximum Gasteiger partial charge on any atom is 0.269 e. The Morgan fingerprint density at radius 2 is 1.42 bits per heavy atom. The van der Waals surface area contributed by atoms with Gasteiger partial charge in [-0.3, -0.25) is 10.1 Å². The zero-order valence-electron chi connectivity index (χ0n) is 29.1. The smallest absolute Gasteiger partial charge is 0.269 e. The number of nitro groups is 1. The SMILES string of the molecule is CC1=C[C@H](O)CC(C)(C)[C@H]1/C=C/C(C)=C/C=C/C(C)=C/C=C(/C=C(C)\C=C\C=C(C)\C=C\C1=C(C)C[C@@H](O)CC1(C)C)[N+](=O)[O-]. The quantitative estimate of drug-likeness (QED) is 0.105. The molecule has 0 saturated carbocycles. The molecule has 0 unspecified atom stereocenters. The second-order valence-electron chi connectivity index (χ2n) is 14.2. The van der Waals surface area contributed by atoms with Gasteiger partial charge in [0, 0.05) is 18.1 Å². The minimum atomic E-state index is -0.376. The van der Waals surface area contributed by atoms with Crippen molar-refractivity contribution in [2.45, 2.75) is 101 Å². The Morgan fingerprint density at radius 3 is 2.00 bits per heavy atom. The number of nitrogens with zero attached hydrogens (tertiary/aromatic N) is 1. The summed E-state index contributed by atoms with van der Waals surface area (Å²) in [7, 11) is 0. The topological polar surface area (TPSA) is 83.6 Å². The zero-order valence-corrected chi connectivity index (χ0v) is 29.1. The molecule has 45 heavy (non-hydrogen) atoms. The van der Waals surface area contributed by atoms with E-state index in [1.165, 1.54) is 22.8 Å². The molecule has 0 heterocycles. The third-order valence-electron chi connectivity index (χ3n) is 8.60. The van der Waals surface area contributed by atoms with Crippen LogP contribution in [0.5, 0.6) is 0 Å². The molecule has 2 rings (SSSR count). The van der Waals surface area contributed by atoms with E-state index in [2.05, 4.69) is 65.8 Å². The van der Waals surface area contributed by atoms with E-state index in [1.807, 2.05) is 70.2 Å². The molecule has 0 amide bonds. The van der Waals surface area contributed by atoms with Crippen molar-refractivity contribution in [1.29, 1.82) is 0 Å². The van der Waals surface area contributed by atoms with Crippen LogP contribution in [0, 0.1) is 26.9 Å². The van der Waals surface area contributed by atoms with Crippen molar-refractivity contribution >= 4 is 0 Å². The lowest BCUT2D eigenvalue weighted by Gasteiger charge is -2.38. The minimum absolute atomic E-state index is 0.00325. The average Bonchev–Trinajstić information content (AvgIpc) is 2.88. The van der Waals surface area contributed by atoms with Crippen LogP contribution in [0.2, 0.25) is 0 Å². The van der Waals surface area contributed by atoms with Crippen LogP contribution in [-0.2, 0) is 0 Å². The maximum absolute atomic E-state index is 11.7. The summed E-state index contributed by atoms with van der Waals surface area (Å²) in [6.45, 7) is 20.7. The highest BCUT2D eigenvalue weighted by Crippen LogP contribution is 2.42. The number of aliphatic hydroxyl groups excluding tert-OH is 2. The van der Waals surface area contributed by atoms with E-state index >= 15 is 0 Å². The van der Waals surface area contributed by atoms with E-state index in [0.717, 1.165) is 35.1 Å². The summed E-state index contributed by atoms with van der Waals surface area (Å²) in [6.07, 6.45) is 28.6. The van der Waals surface area contributed by atoms with Gasteiger partial charge < -0.3 is 10.2 Å². The van der Waals surface area contributed by atoms with Gasteiger partial charge in [0.25, 0.3) is 5.70 Å². The van der Waals surface area contributed by atoms with Gasteiger partial charge in [-0.1, -0.05) is 128 Å². The van der Waals surface area contributed by atoms with Crippen LogP contribution in [0.15, 0.2) is 130 Å². The number of allylic oxidation sites excluding steroid dienone is 19. The van der Waals surface area contributed by atoms with Gasteiger partial charge in [0.05, 0.1) is 17.1 Å². The lowest BCUT2D eigenvalue weighted by molar-refractivity contribution is -0.419. The number of hydrogen-bond donors (Lipinski definition) is 2. The van der Waals surface area contributed by atoms with Crippen LogP contribution in [-0.4, -0.2) is 27.3 Å². The summed E-state index contributed by atoms with van der Waals surface area (Å²) in [5.41, 5.74) is 7.50. The lowest BCUT2D eigenvalue weighted by Crippen LogP contribution is -2.32. The Hall–Kier alpha value is -3.54. The van der Waals surface area contributed by atoms with Gasteiger partial charge in [0.1, 0.15) is 0 Å². The van der Waals surface area contributed by atoms with Gasteiger partial charge in [-0.05, 0) is 82.8 Å². The Kier molecular flexibility index (Phi) is 14.0. The highest BCUT2D eigenvalue weighted by molar-refractivity contribution is 5.38. The van der Waals surface area contributed by atoms with Gasteiger partial charge in [-0.2, -0.15) is 0 Å². The number of hydrogen-bond acceptors (Lipinski definition) is 4. The molecule has 2 aliphatic carbocycles. The highest BCUT2D eigenvalue weighted by Gasteiger charge is 2.34. The second-order valence-corrected chi connectivity index (χ2v) is 14.2. The minimum Gasteiger partial charge on any atom is -0.393 e. The van der Waals surface area contributed by atoms with Crippen LogP contribution in [0.4, 0.5) is 0 Å². The number of rotatable bonds is 11. The summed E-state index contributed by atoms with van der Waals surface area (Å²) in [6, 6.07) is 0. The second kappa shape index (κ2) is 16.7. The van der Waals surface area contributed by atoms with Crippen LogP contribution in [0.3, 0.4) is 0 Å². The van der Waals surface area contributed by atoms with Crippen molar-refractivity contribution < 1.29 is 15.1 Å². The third-order valence-corrected chi connectivity index (χ3v) is 8.60. The summed E-state index contributed by atoms with van der Waals surface area (Å²) in [5.74, 6) is 0.279.